The van der Waals surface area contributed by atoms with Gasteiger partial charge in [0, 0.05) is 17.3 Å². The van der Waals surface area contributed by atoms with Crippen molar-refractivity contribution in [2.75, 3.05) is 5.32 Å². The Morgan fingerprint density at radius 3 is 2.69 bits per heavy atom. The number of thiocarbonyl (C=S) groups is 1. The van der Waals surface area contributed by atoms with Crippen molar-refractivity contribution in [2.45, 2.75) is 32.2 Å². The highest BCUT2D eigenvalue weighted by Gasteiger charge is 2.35. The van der Waals surface area contributed by atoms with E-state index < -0.39 is 0 Å². The molecule has 2 unspecified atom stereocenters. The summed E-state index contributed by atoms with van der Waals surface area (Å²) >= 11 is 4.92. The first-order valence-corrected chi connectivity index (χ1v) is 6.28. The van der Waals surface area contributed by atoms with Gasteiger partial charge >= 0.3 is 0 Å². The lowest BCUT2D eigenvalue weighted by Crippen LogP contribution is -2.09. The molecule has 0 amide bonds. The van der Waals surface area contributed by atoms with Gasteiger partial charge in [-0.3, -0.25) is 0 Å². The van der Waals surface area contributed by atoms with Crippen LogP contribution in [0.2, 0.25) is 0 Å². The molecule has 0 spiro atoms. The van der Waals surface area contributed by atoms with Crippen molar-refractivity contribution >= 4 is 22.9 Å². The minimum absolute atomic E-state index is 0.460. The number of anilines is 1. The van der Waals surface area contributed by atoms with Crippen LogP contribution >= 0.6 is 12.2 Å². The average Bonchev–Trinajstić information content (AvgIpc) is 2.98. The molecule has 16 heavy (non-hydrogen) atoms. The van der Waals surface area contributed by atoms with E-state index in [0.717, 1.165) is 11.5 Å². The average molecular weight is 234 g/mol. The second kappa shape index (κ2) is 4.83. The van der Waals surface area contributed by atoms with E-state index in [1.54, 1.807) is 0 Å². The third-order valence-corrected chi connectivity index (χ3v) is 3.34. The smallest absolute Gasteiger partial charge is 0.103 e. The van der Waals surface area contributed by atoms with Crippen LogP contribution in [0, 0.1) is 5.92 Å². The van der Waals surface area contributed by atoms with Gasteiger partial charge in [0.25, 0.3) is 0 Å². The molecule has 86 valence electrons. The second-order valence-corrected chi connectivity index (χ2v) is 4.92. The molecule has 2 rings (SSSR count). The SMILES string of the molecule is CCCC1CC1Nc1ccc(C(N)=S)cc1. The van der Waals surface area contributed by atoms with E-state index in [4.69, 9.17) is 18.0 Å². The van der Waals surface area contributed by atoms with E-state index in [1.807, 2.05) is 12.1 Å². The molecule has 3 heteroatoms. The highest BCUT2D eigenvalue weighted by Crippen LogP contribution is 2.37. The monoisotopic (exact) mass is 234 g/mol. The Bertz CT molecular complexity index is 372. The van der Waals surface area contributed by atoms with Crippen molar-refractivity contribution < 1.29 is 0 Å². The van der Waals surface area contributed by atoms with Crippen LogP contribution in [0.3, 0.4) is 0 Å². The van der Waals surface area contributed by atoms with Crippen LogP contribution in [0.15, 0.2) is 24.3 Å². The molecule has 2 atom stereocenters. The third kappa shape index (κ3) is 2.73. The molecule has 1 aromatic carbocycles. The van der Waals surface area contributed by atoms with Crippen molar-refractivity contribution in [3.63, 3.8) is 0 Å². The van der Waals surface area contributed by atoms with Gasteiger partial charge in [-0.25, -0.2) is 0 Å². The molecule has 0 saturated heterocycles. The highest BCUT2D eigenvalue weighted by molar-refractivity contribution is 7.80. The Morgan fingerprint density at radius 1 is 1.44 bits per heavy atom. The lowest BCUT2D eigenvalue weighted by Gasteiger charge is -2.06. The lowest BCUT2D eigenvalue weighted by molar-refractivity contribution is 0.693. The first-order valence-electron chi connectivity index (χ1n) is 5.87. The van der Waals surface area contributed by atoms with Crippen LogP contribution in [-0.2, 0) is 0 Å². The first kappa shape index (κ1) is 11.4. The maximum absolute atomic E-state index is 5.55. The summed E-state index contributed by atoms with van der Waals surface area (Å²) in [6, 6.07) is 8.73. The van der Waals surface area contributed by atoms with Gasteiger partial charge in [-0.1, -0.05) is 25.6 Å². The van der Waals surface area contributed by atoms with Gasteiger partial charge in [0.1, 0.15) is 4.99 Å². The summed E-state index contributed by atoms with van der Waals surface area (Å²) in [6.07, 6.45) is 3.93. The summed E-state index contributed by atoms with van der Waals surface area (Å²) in [4.78, 5) is 0.460. The predicted molar refractivity (Wildman–Crippen MR) is 72.8 cm³/mol. The zero-order valence-electron chi connectivity index (χ0n) is 9.57. The predicted octanol–water partition coefficient (Wildman–Crippen LogP) is 2.92. The molecule has 1 aromatic rings. The van der Waals surface area contributed by atoms with Gasteiger partial charge in [0.15, 0.2) is 0 Å². The van der Waals surface area contributed by atoms with Crippen molar-refractivity contribution in [3.8, 4) is 0 Å². The van der Waals surface area contributed by atoms with Gasteiger partial charge in [-0.15, -0.1) is 0 Å². The molecular formula is C13H18N2S. The summed E-state index contributed by atoms with van der Waals surface area (Å²) in [7, 11) is 0. The van der Waals surface area contributed by atoms with Gasteiger partial charge < -0.3 is 11.1 Å². The topological polar surface area (TPSA) is 38.0 Å². The van der Waals surface area contributed by atoms with Crippen LogP contribution in [0.4, 0.5) is 5.69 Å². The number of hydrogen-bond donors (Lipinski definition) is 2. The molecule has 3 N–H and O–H groups in total. The second-order valence-electron chi connectivity index (χ2n) is 4.48. The molecule has 1 aliphatic rings. The Morgan fingerprint density at radius 2 is 2.12 bits per heavy atom. The quantitative estimate of drug-likeness (QED) is 0.769. The Hall–Kier alpha value is -1.09. The van der Waals surface area contributed by atoms with Gasteiger partial charge in [0.2, 0.25) is 0 Å². The lowest BCUT2D eigenvalue weighted by atomic mass is 10.2. The normalized spacial score (nSPS) is 22.8. The van der Waals surface area contributed by atoms with E-state index in [-0.39, 0.29) is 0 Å². The van der Waals surface area contributed by atoms with Crippen LogP contribution < -0.4 is 11.1 Å². The largest absolute Gasteiger partial charge is 0.389 e. The summed E-state index contributed by atoms with van der Waals surface area (Å²) in [6.45, 7) is 2.24. The molecular weight excluding hydrogens is 216 g/mol. The van der Waals surface area contributed by atoms with Crippen LogP contribution in [0.1, 0.15) is 31.7 Å². The zero-order chi connectivity index (χ0) is 11.5. The standard InChI is InChI=1S/C13H18N2S/c1-2-3-10-8-12(10)15-11-6-4-9(5-7-11)13(14)16/h4-7,10,12,15H,2-3,8H2,1H3,(H2,14,16). The summed E-state index contributed by atoms with van der Waals surface area (Å²) in [5.41, 5.74) is 7.65. The van der Waals surface area contributed by atoms with Crippen molar-refractivity contribution in [3.05, 3.63) is 29.8 Å². The highest BCUT2D eigenvalue weighted by atomic mass is 32.1. The number of rotatable bonds is 5. The van der Waals surface area contributed by atoms with Gasteiger partial charge in [-0.2, -0.15) is 0 Å². The Labute approximate surface area is 102 Å². The van der Waals surface area contributed by atoms with E-state index in [2.05, 4.69) is 24.4 Å². The fraction of sp³-hybridized carbons (Fsp3) is 0.462. The molecule has 1 aliphatic carbocycles. The molecule has 1 saturated carbocycles. The van der Waals surface area contributed by atoms with Crippen LogP contribution in [0.5, 0.6) is 0 Å². The minimum atomic E-state index is 0.460. The number of nitrogens with two attached hydrogens (primary N) is 1. The molecule has 1 fully saturated rings. The summed E-state index contributed by atoms with van der Waals surface area (Å²) in [5, 5.41) is 3.53. The first-order chi connectivity index (χ1) is 7.70. The van der Waals surface area contributed by atoms with Crippen LogP contribution in [0.25, 0.3) is 0 Å². The summed E-state index contributed by atoms with van der Waals surface area (Å²) in [5.74, 6) is 0.875. The van der Waals surface area contributed by atoms with E-state index in [9.17, 15) is 0 Å². The van der Waals surface area contributed by atoms with Crippen molar-refractivity contribution in [1.29, 1.82) is 0 Å². The summed E-state index contributed by atoms with van der Waals surface area (Å²) < 4.78 is 0. The van der Waals surface area contributed by atoms with Gasteiger partial charge in [-0.05, 0) is 43.0 Å². The third-order valence-electron chi connectivity index (χ3n) is 3.10. The van der Waals surface area contributed by atoms with Crippen molar-refractivity contribution in [2.24, 2.45) is 11.7 Å². The molecule has 2 nitrogen and oxygen atoms in total. The Balaban J connectivity index is 1.89. The fourth-order valence-electron chi connectivity index (χ4n) is 2.06. The van der Waals surface area contributed by atoms with E-state index in [1.165, 1.54) is 24.9 Å². The number of hydrogen-bond acceptors (Lipinski definition) is 2. The van der Waals surface area contributed by atoms with E-state index in [0.29, 0.717) is 11.0 Å². The number of benzene rings is 1. The zero-order valence-corrected chi connectivity index (χ0v) is 10.4. The molecule has 0 aliphatic heterocycles. The molecule has 0 heterocycles. The van der Waals surface area contributed by atoms with E-state index >= 15 is 0 Å². The fourth-order valence-corrected chi connectivity index (χ4v) is 2.20. The van der Waals surface area contributed by atoms with Crippen LogP contribution in [-0.4, -0.2) is 11.0 Å². The molecule has 0 aromatic heterocycles. The van der Waals surface area contributed by atoms with Gasteiger partial charge in [0.05, 0.1) is 0 Å². The molecule has 0 bridgehead atoms. The maximum Gasteiger partial charge on any atom is 0.103 e. The minimum Gasteiger partial charge on any atom is -0.389 e. The Kier molecular flexibility index (Phi) is 3.44. The van der Waals surface area contributed by atoms with Crippen molar-refractivity contribution in [1.82, 2.24) is 0 Å². The molecule has 0 radical (unpaired) electrons. The maximum atomic E-state index is 5.55. The number of nitrogens with one attached hydrogen (secondary N) is 1.